The molecule has 0 atom stereocenters. The van der Waals surface area contributed by atoms with Gasteiger partial charge in [0.25, 0.3) is 0 Å². The predicted octanol–water partition coefficient (Wildman–Crippen LogP) is 13.0. The quantitative estimate of drug-likeness (QED) is 0.174. The first-order valence-electron chi connectivity index (χ1n) is 19.4. The maximum absolute atomic E-state index is 5.46. The third-order valence-corrected chi connectivity index (χ3v) is 10.9. The van der Waals surface area contributed by atoms with Gasteiger partial charge in [0.05, 0.1) is 33.9 Å². The number of benzene rings is 5. The molecule has 0 fully saturated rings. The van der Waals surface area contributed by atoms with Crippen molar-refractivity contribution in [3.05, 3.63) is 179 Å². The Hall–Kier alpha value is -7.22. The molecular formula is C52H38N4. The molecule has 0 spiro atoms. The molecule has 4 heteroatoms. The van der Waals surface area contributed by atoms with Gasteiger partial charge >= 0.3 is 0 Å². The van der Waals surface area contributed by atoms with E-state index in [0.717, 1.165) is 97.5 Å². The summed E-state index contributed by atoms with van der Waals surface area (Å²) in [6, 6.07) is 49.1. The van der Waals surface area contributed by atoms with Crippen molar-refractivity contribution in [1.82, 2.24) is 19.9 Å². The van der Waals surface area contributed by atoms with Gasteiger partial charge in [0, 0.05) is 38.8 Å². The minimum Gasteiger partial charge on any atom is -0.355 e. The Bertz CT molecular complexity index is 3040. The summed E-state index contributed by atoms with van der Waals surface area (Å²) in [6.45, 7) is 2.25. The summed E-state index contributed by atoms with van der Waals surface area (Å²) in [5.74, 6) is 6.99. The lowest BCUT2D eigenvalue weighted by Crippen LogP contribution is -1.93. The van der Waals surface area contributed by atoms with Gasteiger partial charge in [-0.25, -0.2) is 9.97 Å². The first-order chi connectivity index (χ1) is 27.7. The van der Waals surface area contributed by atoms with E-state index in [1.807, 2.05) is 30.3 Å². The Kier molecular flexibility index (Phi) is 8.46. The topological polar surface area (TPSA) is 57.4 Å². The van der Waals surface area contributed by atoms with Crippen LogP contribution in [0.3, 0.4) is 0 Å². The van der Waals surface area contributed by atoms with Crippen molar-refractivity contribution in [2.24, 2.45) is 0 Å². The monoisotopic (exact) mass is 718 g/mol. The number of aryl methyl sites for hydroxylation is 1. The second-order valence-corrected chi connectivity index (χ2v) is 14.4. The Labute approximate surface area is 326 Å². The van der Waals surface area contributed by atoms with Crippen LogP contribution in [-0.2, 0) is 6.42 Å². The summed E-state index contributed by atoms with van der Waals surface area (Å²) < 4.78 is 0. The fourth-order valence-electron chi connectivity index (χ4n) is 8.12. The number of hydrogen-bond donors (Lipinski definition) is 2. The summed E-state index contributed by atoms with van der Waals surface area (Å²) in [6.07, 6.45) is 11.7. The van der Waals surface area contributed by atoms with E-state index in [2.05, 4.69) is 162 Å². The Balaban J connectivity index is 1.37. The number of fused-ring (bicyclic) bond motifs is 10. The fraction of sp³-hybridized carbons (Fsp3) is 0.0769. The second kappa shape index (κ2) is 14.2. The zero-order valence-electron chi connectivity index (χ0n) is 31.1. The molecule has 8 aromatic rings. The average molecular weight is 719 g/mol. The maximum atomic E-state index is 5.46. The van der Waals surface area contributed by atoms with Crippen LogP contribution in [0.15, 0.2) is 140 Å². The van der Waals surface area contributed by atoms with E-state index >= 15 is 0 Å². The van der Waals surface area contributed by atoms with Crippen LogP contribution in [0.2, 0.25) is 0 Å². The molecule has 5 heterocycles. The number of aromatic amines is 2. The standard InChI is InChI=1S/C52H38N4/c1-2-3-19-41-43-26-30-47(53-43)51(39-22-11-17-35-15-7-9-20-37(35)39)49-32-28-45(55-49)42(25-24-34-13-5-4-6-14-34)46-29-33-50(56-46)52(48-31-27-44(41)54-48)40-23-12-18-36-16-8-10-21-38(36)40/h4-18,20-23,26-33,53,56H,2-3,19H2,1H3. The molecule has 10 rings (SSSR count). The third kappa shape index (κ3) is 6.00. The van der Waals surface area contributed by atoms with Crippen molar-refractivity contribution in [3.8, 4) is 34.1 Å². The molecule has 5 aromatic carbocycles. The summed E-state index contributed by atoms with van der Waals surface area (Å²) in [4.78, 5) is 18.6. The van der Waals surface area contributed by atoms with E-state index in [4.69, 9.17) is 9.97 Å². The van der Waals surface area contributed by atoms with Crippen molar-refractivity contribution in [2.45, 2.75) is 26.2 Å². The smallest absolute Gasteiger partial charge is 0.0815 e. The highest BCUT2D eigenvalue weighted by atomic mass is 14.8. The van der Waals surface area contributed by atoms with Gasteiger partial charge < -0.3 is 9.97 Å². The van der Waals surface area contributed by atoms with E-state index in [1.165, 1.54) is 27.1 Å². The molecule has 4 nitrogen and oxygen atoms in total. The maximum Gasteiger partial charge on any atom is 0.0815 e. The highest BCUT2D eigenvalue weighted by molar-refractivity contribution is 6.05. The van der Waals surface area contributed by atoms with Gasteiger partial charge in [-0.3, -0.25) is 0 Å². The Morgan fingerprint density at radius 2 is 0.982 bits per heavy atom. The highest BCUT2D eigenvalue weighted by Gasteiger charge is 2.19. The van der Waals surface area contributed by atoms with E-state index in [1.54, 1.807) is 0 Å². The lowest BCUT2D eigenvalue weighted by molar-refractivity contribution is 0.795. The van der Waals surface area contributed by atoms with Gasteiger partial charge in [-0.2, -0.15) is 0 Å². The lowest BCUT2D eigenvalue weighted by Gasteiger charge is -2.09. The van der Waals surface area contributed by atoms with Crippen molar-refractivity contribution in [3.63, 3.8) is 0 Å². The molecule has 8 bridgehead atoms. The molecule has 0 saturated carbocycles. The number of hydrogen-bond acceptors (Lipinski definition) is 2. The van der Waals surface area contributed by atoms with Gasteiger partial charge in [-0.05, 0) is 106 Å². The Morgan fingerprint density at radius 3 is 1.64 bits per heavy atom. The van der Waals surface area contributed by atoms with Crippen molar-refractivity contribution < 1.29 is 0 Å². The second-order valence-electron chi connectivity index (χ2n) is 14.4. The summed E-state index contributed by atoms with van der Waals surface area (Å²) in [7, 11) is 0. The predicted molar refractivity (Wildman–Crippen MR) is 236 cm³/mol. The average Bonchev–Trinajstić information content (AvgIpc) is 4.09. The number of nitrogens with one attached hydrogen (secondary N) is 2. The first-order valence-corrected chi connectivity index (χ1v) is 19.4. The fourth-order valence-corrected chi connectivity index (χ4v) is 8.12. The third-order valence-electron chi connectivity index (χ3n) is 10.9. The molecule has 0 radical (unpaired) electrons. The number of H-pyrrole nitrogens is 2. The van der Waals surface area contributed by atoms with E-state index < -0.39 is 0 Å². The molecule has 2 aliphatic rings. The summed E-state index contributed by atoms with van der Waals surface area (Å²) >= 11 is 0. The van der Waals surface area contributed by atoms with E-state index in [9.17, 15) is 0 Å². The molecule has 0 amide bonds. The molecule has 0 saturated heterocycles. The van der Waals surface area contributed by atoms with Crippen LogP contribution < -0.4 is 0 Å². The van der Waals surface area contributed by atoms with Gasteiger partial charge in [0.1, 0.15) is 0 Å². The molecule has 3 aromatic heterocycles. The van der Waals surface area contributed by atoms with Gasteiger partial charge in [-0.1, -0.05) is 128 Å². The minimum absolute atomic E-state index is 0.809. The molecule has 2 aliphatic heterocycles. The molecule has 2 N–H and O–H groups in total. The first kappa shape index (κ1) is 33.4. The van der Waals surface area contributed by atoms with Crippen molar-refractivity contribution in [1.29, 1.82) is 0 Å². The van der Waals surface area contributed by atoms with E-state index in [-0.39, 0.29) is 0 Å². The molecule has 0 aliphatic carbocycles. The van der Waals surface area contributed by atoms with E-state index in [0.29, 0.717) is 0 Å². The normalized spacial score (nSPS) is 11.9. The van der Waals surface area contributed by atoms with Crippen LogP contribution in [-0.4, -0.2) is 19.9 Å². The number of unbranched alkanes of at least 4 members (excludes halogenated alkanes) is 1. The Morgan fingerprint density at radius 1 is 0.464 bits per heavy atom. The summed E-state index contributed by atoms with van der Waals surface area (Å²) in [5.41, 5.74) is 14.9. The number of aromatic nitrogens is 4. The molecule has 56 heavy (non-hydrogen) atoms. The van der Waals surface area contributed by atoms with Crippen molar-refractivity contribution in [2.75, 3.05) is 0 Å². The number of rotatable bonds is 5. The van der Waals surface area contributed by atoms with Crippen molar-refractivity contribution >= 4 is 67.9 Å². The molecular weight excluding hydrogens is 681 g/mol. The zero-order valence-corrected chi connectivity index (χ0v) is 31.1. The van der Waals surface area contributed by atoms with Gasteiger partial charge in [0.2, 0.25) is 0 Å². The molecule has 266 valence electrons. The van der Waals surface area contributed by atoms with Crippen LogP contribution in [0, 0.1) is 11.8 Å². The van der Waals surface area contributed by atoms with Crippen LogP contribution in [0.1, 0.15) is 59.2 Å². The minimum atomic E-state index is 0.809. The summed E-state index contributed by atoms with van der Waals surface area (Å²) in [5, 5.41) is 4.72. The van der Waals surface area contributed by atoms with Crippen LogP contribution >= 0.6 is 0 Å². The van der Waals surface area contributed by atoms with Gasteiger partial charge in [-0.15, -0.1) is 0 Å². The van der Waals surface area contributed by atoms with Crippen LogP contribution in [0.5, 0.6) is 0 Å². The lowest BCUT2D eigenvalue weighted by atomic mass is 9.97. The molecule has 0 unspecified atom stereocenters. The van der Waals surface area contributed by atoms with Gasteiger partial charge in [0.15, 0.2) is 0 Å². The largest absolute Gasteiger partial charge is 0.355 e. The number of nitrogens with zero attached hydrogens (tertiary/aromatic N) is 2. The zero-order chi connectivity index (χ0) is 37.4. The van der Waals surface area contributed by atoms with Crippen LogP contribution in [0.25, 0.3) is 90.2 Å². The van der Waals surface area contributed by atoms with Crippen LogP contribution in [0.4, 0.5) is 0 Å². The highest BCUT2D eigenvalue weighted by Crippen LogP contribution is 2.38. The SMILES string of the molecule is CCCCc1c2nc(c(-c3cccc4ccccc34)c3ccc([nH]3)c(C#Cc3ccccc3)c3nc(c(-c4cccc5ccccc45)c4ccc1[nH]4)C=C3)C=C2.